The summed E-state index contributed by atoms with van der Waals surface area (Å²) in [5, 5.41) is 8.06. The Kier molecular flexibility index (Phi) is 5.52. The van der Waals surface area contributed by atoms with Gasteiger partial charge in [0, 0.05) is 42.7 Å². The van der Waals surface area contributed by atoms with E-state index in [2.05, 4.69) is 55.9 Å². The number of nitrogens with one attached hydrogen (secondary N) is 1. The van der Waals surface area contributed by atoms with Crippen molar-refractivity contribution >= 4 is 22.6 Å². The van der Waals surface area contributed by atoms with E-state index >= 15 is 0 Å². The van der Waals surface area contributed by atoms with Crippen molar-refractivity contribution in [3.8, 4) is 11.1 Å². The smallest absolute Gasteiger partial charge is 0.241 e. The number of rotatable bonds is 8. The first-order valence-electron chi connectivity index (χ1n) is 11.1. The second-order valence-corrected chi connectivity index (χ2v) is 8.63. The van der Waals surface area contributed by atoms with Crippen LogP contribution in [0, 0.1) is 6.92 Å². The molecule has 4 aromatic heterocycles. The van der Waals surface area contributed by atoms with Crippen molar-refractivity contribution in [3.05, 3.63) is 36.5 Å². The van der Waals surface area contributed by atoms with Gasteiger partial charge < -0.3 is 19.4 Å². The number of aryl methyl sites for hydroxylation is 1. The molecule has 32 heavy (non-hydrogen) atoms. The summed E-state index contributed by atoms with van der Waals surface area (Å²) < 4.78 is 14.8. The van der Waals surface area contributed by atoms with Crippen LogP contribution < -0.4 is 5.32 Å². The van der Waals surface area contributed by atoms with Gasteiger partial charge in [0.05, 0.1) is 36.5 Å². The van der Waals surface area contributed by atoms with E-state index in [-0.39, 0.29) is 6.10 Å². The summed E-state index contributed by atoms with van der Waals surface area (Å²) in [5.74, 6) is 1.60. The Morgan fingerprint density at radius 2 is 2.00 bits per heavy atom. The van der Waals surface area contributed by atoms with Gasteiger partial charge in [-0.3, -0.25) is 0 Å². The fourth-order valence-electron chi connectivity index (χ4n) is 4.40. The topological polar surface area (TPSA) is 91.4 Å². The number of aromatic nitrogens is 6. The number of anilines is 1. The molecule has 0 radical (unpaired) electrons. The summed E-state index contributed by atoms with van der Waals surface area (Å²) in [6.45, 7) is 7.61. The molecule has 1 aliphatic rings. The van der Waals surface area contributed by atoms with Crippen LogP contribution in [0.4, 0.5) is 5.95 Å². The lowest BCUT2D eigenvalue weighted by Gasteiger charge is -2.35. The second-order valence-electron chi connectivity index (χ2n) is 8.63. The maximum Gasteiger partial charge on any atom is 0.241 e. The number of hydrogen-bond donors (Lipinski definition) is 1. The molecule has 0 unspecified atom stereocenters. The largest absolute Gasteiger partial charge is 0.382 e. The van der Waals surface area contributed by atoms with Gasteiger partial charge in [0.25, 0.3) is 0 Å². The first-order valence-corrected chi connectivity index (χ1v) is 11.1. The van der Waals surface area contributed by atoms with Gasteiger partial charge in [0.15, 0.2) is 5.65 Å². The summed E-state index contributed by atoms with van der Waals surface area (Å²) in [6.07, 6.45) is 7.90. The van der Waals surface area contributed by atoms with Crippen LogP contribution in [0.15, 0.2) is 30.7 Å². The highest BCUT2D eigenvalue weighted by Crippen LogP contribution is 2.30. The van der Waals surface area contributed by atoms with Crippen LogP contribution in [-0.2, 0) is 9.47 Å². The first kappa shape index (κ1) is 20.8. The molecule has 1 fully saturated rings. The number of hydrogen-bond acceptors (Lipinski definition) is 7. The maximum atomic E-state index is 5.74. The zero-order valence-corrected chi connectivity index (χ0v) is 18.9. The molecule has 1 saturated carbocycles. The van der Waals surface area contributed by atoms with Gasteiger partial charge >= 0.3 is 0 Å². The van der Waals surface area contributed by atoms with E-state index in [9.17, 15) is 0 Å². The van der Waals surface area contributed by atoms with E-state index in [1.165, 1.54) is 0 Å². The van der Waals surface area contributed by atoms with Gasteiger partial charge in [-0.15, -0.1) is 5.10 Å². The molecule has 168 valence electrons. The minimum atomic E-state index is 0.287. The van der Waals surface area contributed by atoms with E-state index in [0.29, 0.717) is 31.2 Å². The van der Waals surface area contributed by atoms with E-state index in [4.69, 9.17) is 9.47 Å². The number of imidazole rings is 1. The normalized spacial score (nSPS) is 18.5. The van der Waals surface area contributed by atoms with Crippen molar-refractivity contribution < 1.29 is 9.47 Å². The molecule has 0 spiro atoms. The van der Waals surface area contributed by atoms with Gasteiger partial charge in [-0.2, -0.15) is 0 Å². The highest BCUT2D eigenvalue weighted by molar-refractivity contribution is 5.85. The quantitative estimate of drug-likeness (QED) is 0.423. The monoisotopic (exact) mass is 435 g/mol. The number of methoxy groups -OCH3 is 1. The third-order valence-electron chi connectivity index (χ3n) is 6.04. The summed E-state index contributed by atoms with van der Waals surface area (Å²) in [6, 6.07) is 4.86. The number of fused-ring (bicyclic) bond motifs is 2. The Balaban J connectivity index is 1.34. The Morgan fingerprint density at radius 1 is 1.16 bits per heavy atom. The zero-order valence-electron chi connectivity index (χ0n) is 18.9. The molecular formula is C23H29N7O2. The molecule has 9 nitrogen and oxygen atoms in total. The summed E-state index contributed by atoms with van der Waals surface area (Å²) >= 11 is 0. The molecule has 4 aromatic rings. The Morgan fingerprint density at radius 3 is 2.78 bits per heavy atom. The van der Waals surface area contributed by atoms with Crippen molar-refractivity contribution in [2.24, 2.45) is 0 Å². The van der Waals surface area contributed by atoms with Crippen molar-refractivity contribution in [1.29, 1.82) is 0 Å². The summed E-state index contributed by atoms with van der Waals surface area (Å²) in [7, 11) is 1.69. The first-order chi connectivity index (χ1) is 15.5. The van der Waals surface area contributed by atoms with Crippen molar-refractivity contribution in [1.82, 2.24) is 29.1 Å². The standard InChI is InChI=1S/C23H29N7O2/c1-14(2)30-15(3)26-22-20(30)9-16(12-24-22)19-5-6-29-21(19)13-25-23(28-29)27-17-10-18(11-17)32-8-7-31-4/h5-6,9,12-14,17-18H,7-8,10-11H2,1-4H3,(H,27,28). The van der Waals surface area contributed by atoms with Crippen LogP contribution in [0.1, 0.15) is 38.6 Å². The minimum Gasteiger partial charge on any atom is -0.382 e. The van der Waals surface area contributed by atoms with Gasteiger partial charge in [-0.05, 0) is 45.7 Å². The molecule has 0 atom stereocenters. The minimum absolute atomic E-state index is 0.287. The molecule has 0 saturated heterocycles. The fourth-order valence-corrected chi connectivity index (χ4v) is 4.40. The van der Waals surface area contributed by atoms with E-state index in [1.807, 2.05) is 30.0 Å². The van der Waals surface area contributed by atoms with E-state index < -0.39 is 0 Å². The predicted octanol–water partition coefficient (Wildman–Crippen LogP) is 3.64. The molecular weight excluding hydrogens is 406 g/mol. The fraction of sp³-hybridized carbons (Fsp3) is 0.478. The maximum absolute atomic E-state index is 5.74. The average Bonchev–Trinajstić information content (AvgIpc) is 3.30. The second kappa shape index (κ2) is 8.48. The lowest BCUT2D eigenvalue weighted by molar-refractivity contribution is -0.0261. The average molecular weight is 436 g/mol. The lowest BCUT2D eigenvalue weighted by atomic mass is 9.89. The van der Waals surface area contributed by atoms with Crippen molar-refractivity contribution in [2.75, 3.05) is 25.6 Å². The van der Waals surface area contributed by atoms with Crippen LogP contribution >= 0.6 is 0 Å². The van der Waals surface area contributed by atoms with E-state index in [1.54, 1.807) is 7.11 Å². The third kappa shape index (κ3) is 3.82. The van der Waals surface area contributed by atoms with Gasteiger partial charge in [0.2, 0.25) is 5.95 Å². The van der Waals surface area contributed by atoms with Crippen LogP contribution in [0.25, 0.3) is 27.8 Å². The number of ether oxygens (including phenoxy) is 2. The summed E-state index contributed by atoms with van der Waals surface area (Å²) in [5.41, 5.74) is 4.84. The lowest BCUT2D eigenvalue weighted by Crippen LogP contribution is -2.41. The van der Waals surface area contributed by atoms with Gasteiger partial charge in [0.1, 0.15) is 5.82 Å². The van der Waals surface area contributed by atoms with Crippen molar-refractivity contribution in [3.63, 3.8) is 0 Å². The highest BCUT2D eigenvalue weighted by atomic mass is 16.5. The van der Waals surface area contributed by atoms with Crippen molar-refractivity contribution in [2.45, 2.75) is 51.8 Å². The van der Waals surface area contributed by atoms with Crippen LogP contribution in [0.5, 0.6) is 0 Å². The number of nitrogens with zero attached hydrogens (tertiary/aromatic N) is 6. The van der Waals surface area contributed by atoms with Crippen LogP contribution in [0.3, 0.4) is 0 Å². The molecule has 0 aliphatic heterocycles. The molecule has 1 N–H and O–H groups in total. The SMILES string of the molecule is COCCOC1CC(Nc2ncc3c(-c4cnc5nc(C)n(C(C)C)c5c4)ccn3n2)C1. The molecule has 4 heterocycles. The Hall–Kier alpha value is -3.04. The molecule has 5 rings (SSSR count). The molecule has 0 bridgehead atoms. The molecule has 0 amide bonds. The zero-order chi connectivity index (χ0) is 22.2. The molecule has 9 heteroatoms. The van der Waals surface area contributed by atoms with Crippen LogP contribution in [-0.4, -0.2) is 61.6 Å². The molecule has 0 aromatic carbocycles. The predicted molar refractivity (Wildman–Crippen MR) is 123 cm³/mol. The van der Waals surface area contributed by atoms with Gasteiger partial charge in [-0.25, -0.2) is 19.5 Å². The summed E-state index contributed by atoms with van der Waals surface area (Å²) in [4.78, 5) is 13.8. The third-order valence-corrected chi connectivity index (χ3v) is 6.04. The van der Waals surface area contributed by atoms with Gasteiger partial charge in [-0.1, -0.05) is 0 Å². The molecule has 1 aliphatic carbocycles. The Labute approximate surface area is 186 Å². The van der Waals surface area contributed by atoms with E-state index in [0.717, 1.165) is 46.5 Å². The Bertz CT molecular complexity index is 1240. The van der Waals surface area contributed by atoms with Crippen LogP contribution in [0.2, 0.25) is 0 Å². The number of pyridine rings is 1. The highest BCUT2D eigenvalue weighted by Gasteiger charge is 2.30.